The number of hydrogen-bond acceptors (Lipinski definition) is 4. The molecule has 0 atom stereocenters. The van der Waals surface area contributed by atoms with E-state index < -0.39 is 0 Å². The first-order valence-corrected chi connectivity index (χ1v) is 5.29. The number of ether oxygens (including phenoxy) is 1. The van der Waals surface area contributed by atoms with Gasteiger partial charge in [0.1, 0.15) is 0 Å². The Morgan fingerprint density at radius 1 is 1.40 bits per heavy atom. The van der Waals surface area contributed by atoms with Crippen molar-refractivity contribution < 1.29 is 14.5 Å². The summed E-state index contributed by atoms with van der Waals surface area (Å²) in [6.45, 7) is 4.50. The third-order valence-electron chi connectivity index (χ3n) is 1.93. The largest absolute Gasteiger partial charge is 0.466 e. The van der Waals surface area contributed by atoms with E-state index in [2.05, 4.69) is 13.8 Å². The first kappa shape index (κ1) is 13.9. The molecule has 0 fully saturated rings. The summed E-state index contributed by atoms with van der Waals surface area (Å²) in [7, 11) is 0. The van der Waals surface area contributed by atoms with Crippen LogP contribution in [-0.2, 0) is 9.53 Å². The maximum absolute atomic E-state index is 11.1. The Bertz CT molecular complexity index is 204. The standard InChI is InChI=1S/C10H19NO4/c1-9(2)6-8-15-10(12)5-3-4-7-11(13)14/h9H,3-8H2,1-2H3. The fraction of sp³-hybridized carbons (Fsp3) is 0.900. The smallest absolute Gasteiger partial charge is 0.305 e. The number of carbonyl (C=O) groups is 1. The first-order valence-electron chi connectivity index (χ1n) is 5.29. The molecule has 0 bridgehead atoms. The van der Waals surface area contributed by atoms with Gasteiger partial charge in [-0.05, 0) is 18.8 Å². The SMILES string of the molecule is CC(C)CCOC(=O)CCCC[N+](=O)[O-]. The van der Waals surface area contributed by atoms with Crippen LogP contribution in [0.2, 0.25) is 0 Å². The summed E-state index contributed by atoms with van der Waals surface area (Å²) >= 11 is 0. The van der Waals surface area contributed by atoms with E-state index in [4.69, 9.17) is 4.74 Å². The van der Waals surface area contributed by atoms with Gasteiger partial charge in [-0.3, -0.25) is 14.9 Å². The topological polar surface area (TPSA) is 69.4 Å². The van der Waals surface area contributed by atoms with Crippen LogP contribution in [0.15, 0.2) is 0 Å². The Balaban J connectivity index is 3.30. The molecule has 0 aromatic rings. The third-order valence-corrected chi connectivity index (χ3v) is 1.93. The van der Waals surface area contributed by atoms with E-state index in [0.29, 0.717) is 25.4 Å². The van der Waals surface area contributed by atoms with E-state index in [1.54, 1.807) is 0 Å². The van der Waals surface area contributed by atoms with E-state index in [0.717, 1.165) is 6.42 Å². The maximum atomic E-state index is 11.1. The average Bonchev–Trinajstić information content (AvgIpc) is 2.11. The van der Waals surface area contributed by atoms with Crippen LogP contribution < -0.4 is 0 Å². The van der Waals surface area contributed by atoms with Crippen LogP contribution in [0.25, 0.3) is 0 Å². The minimum Gasteiger partial charge on any atom is -0.466 e. The van der Waals surface area contributed by atoms with E-state index in [-0.39, 0.29) is 23.9 Å². The van der Waals surface area contributed by atoms with Gasteiger partial charge in [0.05, 0.1) is 6.61 Å². The second-order valence-electron chi connectivity index (χ2n) is 3.92. The van der Waals surface area contributed by atoms with Crippen molar-refractivity contribution in [3.05, 3.63) is 10.1 Å². The van der Waals surface area contributed by atoms with Crippen molar-refractivity contribution in [2.45, 2.75) is 39.5 Å². The second kappa shape index (κ2) is 8.20. The van der Waals surface area contributed by atoms with Crippen LogP contribution in [0, 0.1) is 16.0 Å². The fourth-order valence-corrected chi connectivity index (χ4v) is 0.991. The van der Waals surface area contributed by atoms with Gasteiger partial charge in [-0.2, -0.15) is 0 Å². The molecule has 0 aromatic heterocycles. The van der Waals surface area contributed by atoms with Crippen LogP contribution in [0.1, 0.15) is 39.5 Å². The van der Waals surface area contributed by atoms with Crippen molar-refractivity contribution in [2.24, 2.45) is 5.92 Å². The molecule has 0 aliphatic heterocycles. The monoisotopic (exact) mass is 217 g/mol. The second-order valence-corrected chi connectivity index (χ2v) is 3.92. The molecule has 0 spiro atoms. The highest BCUT2D eigenvalue weighted by Gasteiger charge is 2.04. The molecule has 0 rings (SSSR count). The lowest BCUT2D eigenvalue weighted by molar-refractivity contribution is -0.480. The molecule has 0 heterocycles. The zero-order chi connectivity index (χ0) is 11.7. The van der Waals surface area contributed by atoms with Crippen molar-refractivity contribution in [3.63, 3.8) is 0 Å². The highest BCUT2D eigenvalue weighted by Crippen LogP contribution is 2.02. The van der Waals surface area contributed by atoms with Crippen molar-refractivity contribution in [3.8, 4) is 0 Å². The van der Waals surface area contributed by atoms with Crippen LogP contribution in [0.5, 0.6) is 0 Å². The van der Waals surface area contributed by atoms with Crippen molar-refractivity contribution in [1.29, 1.82) is 0 Å². The predicted molar refractivity (Wildman–Crippen MR) is 56.1 cm³/mol. The van der Waals surface area contributed by atoms with Gasteiger partial charge in [0.25, 0.3) is 0 Å². The Morgan fingerprint density at radius 2 is 2.07 bits per heavy atom. The Hall–Kier alpha value is -1.13. The lowest BCUT2D eigenvalue weighted by Crippen LogP contribution is -2.08. The van der Waals surface area contributed by atoms with E-state index in [1.807, 2.05) is 0 Å². The molecular formula is C10H19NO4. The van der Waals surface area contributed by atoms with Crippen molar-refractivity contribution in [2.75, 3.05) is 13.2 Å². The van der Waals surface area contributed by atoms with Gasteiger partial charge < -0.3 is 4.74 Å². The Kier molecular flexibility index (Phi) is 7.58. The molecule has 0 saturated carbocycles. The van der Waals surface area contributed by atoms with Crippen molar-refractivity contribution >= 4 is 5.97 Å². The van der Waals surface area contributed by atoms with E-state index in [1.165, 1.54) is 0 Å². The summed E-state index contributed by atoms with van der Waals surface area (Å²) in [5.41, 5.74) is 0. The maximum Gasteiger partial charge on any atom is 0.305 e. The molecule has 0 radical (unpaired) electrons. The molecule has 88 valence electrons. The fourth-order valence-electron chi connectivity index (χ4n) is 0.991. The minimum absolute atomic E-state index is 0.0702. The summed E-state index contributed by atoms with van der Waals surface area (Å²) in [6.07, 6.45) is 2.11. The number of nitrogens with zero attached hydrogens (tertiary/aromatic N) is 1. The normalized spacial score (nSPS) is 10.3. The minimum atomic E-state index is -0.371. The van der Waals surface area contributed by atoms with Crippen LogP contribution in [0.3, 0.4) is 0 Å². The van der Waals surface area contributed by atoms with E-state index >= 15 is 0 Å². The summed E-state index contributed by atoms with van der Waals surface area (Å²) in [5.74, 6) is 0.270. The molecule has 0 unspecified atom stereocenters. The molecule has 15 heavy (non-hydrogen) atoms. The molecule has 0 N–H and O–H groups in total. The first-order chi connectivity index (χ1) is 7.02. The summed E-state index contributed by atoms with van der Waals surface area (Å²) < 4.78 is 4.95. The van der Waals surface area contributed by atoms with Gasteiger partial charge in [-0.15, -0.1) is 0 Å². The van der Waals surface area contributed by atoms with Gasteiger partial charge in [-0.1, -0.05) is 13.8 Å². The molecule has 0 aromatic carbocycles. The zero-order valence-corrected chi connectivity index (χ0v) is 9.40. The van der Waals surface area contributed by atoms with Crippen LogP contribution >= 0.6 is 0 Å². The van der Waals surface area contributed by atoms with Crippen molar-refractivity contribution in [1.82, 2.24) is 0 Å². The van der Waals surface area contributed by atoms with Crippen LogP contribution in [0.4, 0.5) is 0 Å². The van der Waals surface area contributed by atoms with Gasteiger partial charge >= 0.3 is 5.97 Å². The van der Waals surface area contributed by atoms with Crippen LogP contribution in [-0.4, -0.2) is 24.0 Å². The molecule has 0 amide bonds. The molecule has 5 heteroatoms. The average molecular weight is 217 g/mol. The Labute approximate surface area is 90.0 Å². The summed E-state index contributed by atoms with van der Waals surface area (Å²) in [4.78, 5) is 20.7. The lowest BCUT2D eigenvalue weighted by Gasteiger charge is -2.05. The molecule has 0 aliphatic carbocycles. The van der Waals surface area contributed by atoms with Gasteiger partial charge in [0.15, 0.2) is 0 Å². The van der Waals surface area contributed by atoms with Gasteiger partial charge in [0, 0.05) is 17.8 Å². The Morgan fingerprint density at radius 3 is 2.60 bits per heavy atom. The predicted octanol–water partition coefficient (Wildman–Crippen LogP) is 2.02. The summed E-state index contributed by atoms with van der Waals surface area (Å²) in [6, 6.07) is 0. The number of unbranched alkanes of at least 4 members (excludes halogenated alkanes) is 1. The highest BCUT2D eigenvalue weighted by atomic mass is 16.6. The number of carbonyl (C=O) groups excluding carboxylic acids is 1. The number of esters is 1. The quantitative estimate of drug-likeness (QED) is 0.270. The molecule has 0 aliphatic rings. The zero-order valence-electron chi connectivity index (χ0n) is 9.40. The third kappa shape index (κ3) is 10.8. The highest BCUT2D eigenvalue weighted by molar-refractivity contribution is 5.69. The number of rotatable bonds is 8. The molecular weight excluding hydrogens is 198 g/mol. The van der Waals surface area contributed by atoms with E-state index in [9.17, 15) is 14.9 Å². The van der Waals surface area contributed by atoms with Gasteiger partial charge in [-0.25, -0.2) is 0 Å². The lowest BCUT2D eigenvalue weighted by atomic mass is 10.1. The molecule has 0 saturated heterocycles. The number of nitro groups is 1. The molecule has 5 nitrogen and oxygen atoms in total. The van der Waals surface area contributed by atoms with Gasteiger partial charge in [0.2, 0.25) is 6.54 Å². The summed E-state index contributed by atoms with van der Waals surface area (Å²) in [5, 5.41) is 9.98. The number of hydrogen-bond donors (Lipinski definition) is 0.